The Morgan fingerprint density at radius 1 is 1.10 bits per heavy atom. The normalized spacial score (nSPS) is 18.9. The van der Waals surface area contributed by atoms with Crippen LogP contribution in [0.5, 0.6) is 11.5 Å². The molecule has 0 spiro atoms. The molecule has 2 aromatic heterocycles. The van der Waals surface area contributed by atoms with Crippen molar-refractivity contribution >= 4 is 22.5 Å². The number of fused-ring (bicyclic) bond motifs is 1. The standard InChI is InChI=1S/C23H27N3O4/c1-13-4-9-20(30-13)19-11-17(25-15-7-5-14(6-8-15)23(24)27)16-10-21(28-2)22(29-3)12-18(16)26-19/h4,9-12,14-15H,5-8H2,1-3H3,(H2,24,27)(H,25,26)/t14-,15+. The first-order valence-electron chi connectivity index (χ1n) is 10.2. The van der Waals surface area contributed by atoms with Crippen LogP contribution >= 0.6 is 0 Å². The molecule has 2 heterocycles. The second-order valence-corrected chi connectivity index (χ2v) is 7.78. The van der Waals surface area contributed by atoms with Gasteiger partial charge >= 0.3 is 0 Å². The lowest BCUT2D eigenvalue weighted by Crippen LogP contribution is -2.32. The third-order valence-corrected chi connectivity index (χ3v) is 5.80. The summed E-state index contributed by atoms with van der Waals surface area (Å²) >= 11 is 0. The second-order valence-electron chi connectivity index (χ2n) is 7.78. The monoisotopic (exact) mass is 409 g/mol. The summed E-state index contributed by atoms with van der Waals surface area (Å²) in [6.45, 7) is 1.91. The van der Waals surface area contributed by atoms with Gasteiger partial charge < -0.3 is 24.9 Å². The molecule has 1 fully saturated rings. The van der Waals surface area contributed by atoms with Crippen molar-refractivity contribution in [1.29, 1.82) is 0 Å². The van der Waals surface area contributed by atoms with E-state index in [2.05, 4.69) is 5.32 Å². The van der Waals surface area contributed by atoms with E-state index in [0.29, 0.717) is 17.3 Å². The Morgan fingerprint density at radius 2 is 1.80 bits per heavy atom. The molecule has 3 aromatic rings. The summed E-state index contributed by atoms with van der Waals surface area (Å²) in [4.78, 5) is 16.3. The van der Waals surface area contributed by atoms with Gasteiger partial charge in [-0.3, -0.25) is 4.79 Å². The number of carbonyl (C=O) groups excluding carboxylic acids is 1. The molecular formula is C23H27N3O4. The zero-order valence-electron chi connectivity index (χ0n) is 17.5. The summed E-state index contributed by atoms with van der Waals surface area (Å²) < 4.78 is 16.8. The Bertz CT molecular complexity index is 1070. The number of amides is 1. The van der Waals surface area contributed by atoms with Crippen molar-refractivity contribution in [3.63, 3.8) is 0 Å². The van der Waals surface area contributed by atoms with Crippen LogP contribution in [0.2, 0.25) is 0 Å². The molecular weight excluding hydrogens is 382 g/mol. The van der Waals surface area contributed by atoms with E-state index in [1.807, 2.05) is 37.3 Å². The summed E-state index contributed by atoms with van der Waals surface area (Å²) in [7, 11) is 3.23. The third-order valence-electron chi connectivity index (χ3n) is 5.80. The summed E-state index contributed by atoms with van der Waals surface area (Å²) in [6.07, 6.45) is 3.38. The number of hydrogen-bond acceptors (Lipinski definition) is 6. The van der Waals surface area contributed by atoms with Crippen LogP contribution in [0, 0.1) is 12.8 Å². The van der Waals surface area contributed by atoms with Crippen LogP contribution in [0.15, 0.2) is 34.7 Å². The van der Waals surface area contributed by atoms with Crippen molar-refractivity contribution in [3.8, 4) is 23.0 Å². The van der Waals surface area contributed by atoms with Crippen molar-refractivity contribution < 1.29 is 18.7 Å². The molecule has 158 valence electrons. The highest BCUT2D eigenvalue weighted by Crippen LogP contribution is 2.38. The van der Waals surface area contributed by atoms with E-state index in [-0.39, 0.29) is 17.9 Å². The first-order valence-corrected chi connectivity index (χ1v) is 10.2. The predicted molar refractivity (Wildman–Crippen MR) is 116 cm³/mol. The Kier molecular flexibility index (Phi) is 5.53. The lowest BCUT2D eigenvalue weighted by Gasteiger charge is -2.28. The van der Waals surface area contributed by atoms with Gasteiger partial charge in [0, 0.05) is 29.1 Å². The summed E-state index contributed by atoms with van der Waals surface area (Å²) in [5.74, 6) is 2.59. The van der Waals surface area contributed by atoms with Crippen LogP contribution in [-0.4, -0.2) is 31.2 Å². The van der Waals surface area contributed by atoms with Gasteiger partial charge in [0.1, 0.15) is 11.5 Å². The van der Waals surface area contributed by atoms with E-state index in [4.69, 9.17) is 24.6 Å². The van der Waals surface area contributed by atoms with Crippen LogP contribution < -0.4 is 20.5 Å². The zero-order valence-corrected chi connectivity index (χ0v) is 17.5. The van der Waals surface area contributed by atoms with Crippen molar-refractivity contribution in [3.05, 3.63) is 36.1 Å². The van der Waals surface area contributed by atoms with Crippen LogP contribution in [-0.2, 0) is 4.79 Å². The highest BCUT2D eigenvalue weighted by atomic mass is 16.5. The molecule has 1 saturated carbocycles. The molecule has 0 bridgehead atoms. The summed E-state index contributed by atoms with van der Waals surface area (Å²) in [6, 6.07) is 9.93. The van der Waals surface area contributed by atoms with Crippen molar-refractivity contribution in [2.24, 2.45) is 11.7 Å². The maximum Gasteiger partial charge on any atom is 0.220 e. The minimum Gasteiger partial charge on any atom is -0.493 e. The van der Waals surface area contributed by atoms with E-state index in [9.17, 15) is 4.79 Å². The molecule has 1 aliphatic carbocycles. The number of aromatic nitrogens is 1. The van der Waals surface area contributed by atoms with Gasteiger partial charge in [0.25, 0.3) is 0 Å². The Balaban J connectivity index is 1.74. The number of furan rings is 1. The topological polar surface area (TPSA) is 99.6 Å². The summed E-state index contributed by atoms with van der Waals surface area (Å²) in [5, 5.41) is 4.60. The average Bonchev–Trinajstić information content (AvgIpc) is 3.19. The van der Waals surface area contributed by atoms with Gasteiger partial charge in [-0.15, -0.1) is 0 Å². The van der Waals surface area contributed by atoms with E-state index in [1.54, 1.807) is 14.2 Å². The SMILES string of the molecule is COc1cc2nc(-c3ccc(C)o3)cc(N[C@H]3CC[C@@H](C(N)=O)CC3)c2cc1OC. The van der Waals surface area contributed by atoms with E-state index in [0.717, 1.165) is 53.7 Å². The fourth-order valence-electron chi connectivity index (χ4n) is 4.11. The van der Waals surface area contributed by atoms with Gasteiger partial charge in [0.15, 0.2) is 17.3 Å². The molecule has 7 nitrogen and oxygen atoms in total. The maximum absolute atomic E-state index is 11.5. The Hall–Kier alpha value is -3.22. The molecule has 1 aromatic carbocycles. The number of methoxy groups -OCH3 is 2. The van der Waals surface area contributed by atoms with Crippen LogP contribution in [0.25, 0.3) is 22.4 Å². The van der Waals surface area contributed by atoms with Gasteiger partial charge in [-0.2, -0.15) is 0 Å². The zero-order chi connectivity index (χ0) is 21.3. The number of aryl methyl sites for hydroxylation is 1. The van der Waals surface area contributed by atoms with E-state index in [1.165, 1.54) is 0 Å². The lowest BCUT2D eigenvalue weighted by atomic mass is 9.85. The molecule has 1 aliphatic rings. The fraction of sp³-hybridized carbons (Fsp3) is 0.391. The molecule has 0 aliphatic heterocycles. The average molecular weight is 409 g/mol. The highest BCUT2D eigenvalue weighted by Gasteiger charge is 2.25. The first-order chi connectivity index (χ1) is 14.5. The molecule has 0 unspecified atom stereocenters. The fourth-order valence-corrected chi connectivity index (χ4v) is 4.11. The van der Waals surface area contributed by atoms with Crippen LogP contribution in [0.3, 0.4) is 0 Å². The van der Waals surface area contributed by atoms with Crippen LogP contribution in [0.4, 0.5) is 5.69 Å². The van der Waals surface area contributed by atoms with Crippen molar-refractivity contribution in [2.75, 3.05) is 19.5 Å². The molecule has 3 N–H and O–H groups in total. The lowest BCUT2D eigenvalue weighted by molar-refractivity contribution is -0.122. The van der Waals surface area contributed by atoms with Crippen molar-refractivity contribution in [2.45, 2.75) is 38.6 Å². The number of carbonyl (C=O) groups is 1. The minimum atomic E-state index is -0.199. The number of primary amides is 1. The smallest absolute Gasteiger partial charge is 0.220 e. The van der Waals surface area contributed by atoms with Gasteiger partial charge in [-0.05, 0) is 56.9 Å². The first kappa shape index (κ1) is 20.1. The van der Waals surface area contributed by atoms with Gasteiger partial charge in [-0.25, -0.2) is 4.98 Å². The van der Waals surface area contributed by atoms with Crippen LogP contribution in [0.1, 0.15) is 31.4 Å². The minimum absolute atomic E-state index is 0.0248. The third kappa shape index (κ3) is 3.92. The summed E-state index contributed by atoms with van der Waals surface area (Å²) in [5.41, 5.74) is 7.96. The van der Waals surface area contributed by atoms with E-state index >= 15 is 0 Å². The molecule has 0 atom stereocenters. The maximum atomic E-state index is 11.5. The molecule has 0 radical (unpaired) electrons. The number of pyridine rings is 1. The number of rotatable bonds is 6. The van der Waals surface area contributed by atoms with Gasteiger partial charge in [-0.1, -0.05) is 0 Å². The number of anilines is 1. The highest BCUT2D eigenvalue weighted by molar-refractivity contribution is 5.95. The number of benzene rings is 1. The molecule has 30 heavy (non-hydrogen) atoms. The number of nitrogens with two attached hydrogens (primary N) is 1. The predicted octanol–water partition coefficient (Wildman–Crippen LogP) is 4.28. The molecule has 4 rings (SSSR count). The van der Waals surface area contributed by atoms with E-state index < -0.39 is 0 Å². The number of hydrogen-bond donors (Lipinski definition) is 2. The Labute approximate surface area is 175 Å². The molecule has 7 heteroatoms. The largest absolute Gasteiger partial charge is 0.493 e. The number of nitrogens with one attached hydrogen (secondary N) is 1. The van der Waals surface area contributed by atoms with Gasteiger partial charge in [0.05, 0.1) is 19.7 Å². The number of nitrogens with zero attached hydrogens (tertiary/aromatic N) is 1. The van der Waals surface area contributed by atoms with Crippen molar-refractivity contribution in [1.82, 2.24) is 4.98 Å². The second kappa shape index (κ2) is 8.26. The molecule has 1 amide bonds. The quantitative estimate of drug-likeness (QED) is 0.630. The Morgan fingerprint density at radius 3 is 2.40 bits per heavy atom. The number of ether oxygens (including phenoxy) is 2. The molecule has 0 saturated heterocycles. The van der Waals surface area contributed by atoms with Gasteiger partial charge in [0.2, 0.25) is 5.91 Å².